The number of anilines is 1. The van der Waals surface area contributed by atoms with Gasteiger partial charge in [-0.15, -0.1) is 0 Å². The minimum absolute atomic E-state index is 0.0391. The highest BCUT2D eigenvalue weighted by Crippen LogP contribution is 2.49. The van der Waals surface area contributed by atoms with Gasteiger partial charge in [0.15, 0.2) is 5.71 Å². The predicted octanol–water partition coefficient (Wildman–Crippen LogP) is 5.79. The monoisotopic (exact) mass is 861 g/mol. The van der Waals surface area contributed by atoms with Crippen LogP contribution in [0.25, 0.3) is 5.57 Å². The van der Waals surface area contributed by atoms with Crippen LogP contribution in [0.15, 0.2) is 94.6 Å². The molecule has 3 aromatic rings. The summed E-state index contributed by atoms with van der Waals surface area (Å²) in [4.78, 5) is 17.7. The van der Waals surface area contributed by atoms with Gasteiger partial charge in [0, 0.05) is 35.5 Å². The van der Waals surface area contributed by atoms with Crippen molar-refractivity contribution in [1.29, 1.82) is 0 Å². The van der Waals surface area contributed by atoms with Crippen LogP contribution in [-0.4, -0.2) is 73.7 Å². The van der Waals surface area contributed by atoms with Crippen LogP contribution in [-0.2, 0) is 58.9 Å². The van der Waals surface area contributed by atoms with Gasteiger partial charge < -0.3 is 14.6 Å². The maximum Gasteiger partial charge on any atom is 0.327 e. The summed E-state index contributed by atoms with van der Waals surface area (Å²) in [6.45, 7) is 8.02. The third kappa shape index (κ3) is 10.6. The van der Waals surface area contributed by atoms with Gasteiger partial charge in [-0.1, -0.05) is 61.9 Å². The number of aliphatic carboxylic acids is 1. The van der Waals surface area contributed by atoms with E-state index >= 15 is 0 Å². The number of aliphatic imine (C=N–C) groups is 1. The molecule has 3 N–H and O–H groups in total. The Morgan fingerprint density at radius 3 is 2.23 bits per heavy atom. The number of rotatable bonds is 16. The number of hydrogen-bond acceptors (Lipinski definition) is 10. The third-order valence-corrected chi connectivity index (χ3v) is 12.8. The maximum absolute atomic E-state index is 12.1. The second kappa shape index (κ2) is 16.6. The normalized spacial score (nSPS) is 17.3. The smallest absolute Gasteiger partial charge is 0.327 e. The molecule has 0 amide bonds. The Morgan fingerprint density at radius 2 is 1.61 bits per heavy atom. The maximum atomic E-state index is 12.1. The Labute approximate surface area is 338 Å². The molecule has 5 rings (SSSR count). The van der Waals surface area contributed by atoms with E-state index < -0.39 is 58.7 Å². The summed E-state index contributed by atoms with van der Waals surface area (Å²) in [7, 11) is -13.2. The highest BCUT2D eigenvalue weighted by molar-refractivity contribution is 7.86. The van der Waals surface area contributed by atoms with Crippen LogP contribution in [0.3, 0.4) is 0 Å². The molecule has 14 nitrogen and oxygen atoms in total. The molecule has 2 aliphatic rings. The molecule has 0 unspecified atom stereocenters. The summed E-state index contributed by atoms with van der Waals surface area (Å²) in [6.07, 6.45) is 9.44. The number of carboxylic acid groups (broad SMARTS) is 1. The molecular formula is C39H44ClN3O11S3. The standard InChI is InChI=1S/C39H44ClN3O11S3/c1-38(2)32-23-29(40)25-42(19-5-21-55(46,47)48)37(32)41-34(38)16-12-28(27-10-7-26(8-11-27)9-18-36(44)45)13-17-35-39(3,4)31-24-30(57(52,53)54)14-15-33(31)43(35)20-6-22-56(49,50)51/h7-8,10-17,23-25H,5-6,9,18-22H2,1-4H3,(H3-,44,45,46,47,48,49,50,51,52,53,54). The van der Waals surface area contributed by atoms with Gasteiger partial charge in [-0.05, 0) is 96.8 Å². The first kappa shape index (κ1) is 43.9. The number of hydrogen-bond donors (Lipinski definition) is 3. The zero-order valence-corrected chi connectivity index (χ0v) is 34.9. The molecule has 18 heteroatoms. The number of aryl methyl sites for hydroxylation is 2. The number of carboxylic acids is 1. The van der Waals surface area contributed by atoms with Crippen LogP contribution in [0.5, 0.6) is 0 Å². The largest absolute Gasteiger partial charge is 0.748 e. The first-order chi connectivity index (χ1) is 26.4. The van der Waals surface area contributed by atoms with Crippen molar-refractivity contribution in [2.45, 2.75) is 75.6 Å². The van der Waals surface area contributed by atoms with E-state index in [-0.39, 0.29) is 37.2 Å². The van der Waals surface area contributed by atoms with Crippen LogP contribution >= 0.6 is 11.6 Å². The number of pyridine rings is 1. The lowest BCUT2D eigenvalue weighted by molar-refractivity contribution is -0.684. The Kier molecular flexibility index (Phi) is 12.7. The minimum atomic E-state index is -4.54. The van der Waals surface area contributed by atoms with Gasteiger partial charge in [0.1, 0.15) is 6.20 Å². The molecule has 2 aliphatic heterocycles. The number of fused-ring (bicyclic) bond motifs is 2. The summed E-state index contributed by atoms with van der Waals surface area (Å²) < 4.78 is 102. The summed E-state index contributed by atoms with van der Waals surface area (Å²) >= 11 is 6.48. The van der Waals surface area contributed by atoms with E-state index in [0.717, 1.165) is 16.7 Å². The fourth-order valence-electron chi connectivity index (χ4n) is 7.07. The Bertz CT molecular complexity index is 2540. The first-order valence-corrected chi connectivity index (χ1v) is 22.9. The molecule has 57 heavy (non-hydrogen) atoms. The van der Waals surface area contributed by atoms with Crippen LogP contribution in [0.1, 0.15) is 69.2 Å². The molecule has 0 fully saturated rings. The van der Waals surface area contributed by atoms with E-state index in [1.165, 1.54) is 12.1 Å². The number of carbonyl (C=O) groups is 1. The zero-order chi connectivity index (χ0) is 42.1. The van der Waals surface area contributed by atoms with Crippen molar-refractivity contribution in [3.63, 3.8) is 0 Å². The van der Waals surface area contributed by atoms with Crippen molar-refractivity contribution >= 4 is 70.7 Å². The van der Waals surface area contributed by atoms with Gasteiger partial charge >= 0.3 is 11.8 Å². The molecule has 0 radical (unpaired) electrons. The van der Waals surface area contributed by atoms with E-state index in [0.29, 0.717) is 45.5 Å². The fraction of sp³-hybridized carbons (Fsp3) is 0.359. The van der Waals surface area contributed by atoms with Crippen molar-refractivity contribution in [2.75, 3.05) is 23.0 Å². The topological polar surface area (TPSA) is 223 Å². The average Bonchev–Trinajstić information content (AvgIpc) is 3.47. The van der Waals surface area contributed by atoms with Crippen molar-refractivity contribution < 1.29 is 53.4 Å². The van der Waals surface area contributed by atoms with Gasteiger partial charge in [0.05, 0.1) is 43.3 Å². The quantitative estimate of drug-likeness (QED) is 0.0885. The summed E-state index contributed by atoms with van der Waals surface area (Å²) in [6, 6.07) is 13.4. The van der Waals surface area contributed by atoms with Crippen LogP contribution in [0, 0.1) is 0 Å². The average molecular weight is 862 g/mol. The first-order valence-electron chi connectivity index (χ1n) is 17.9. The Balaban J connectivity index is 1.61. The number of halogens is 1. The molecule has 3 heterocycles. The van der Waals surface area contributed by atoms with Crippen molar-refractivity contribution in [3.8, 4) is 0 Å². The Hall–Kier alpha value is -4.23. The molecule has 0 atom stereocenters. The molecule has 0 saturated carbocycles. The van der Waals surface area contributed by atoms with Gasteiger partial charge in [0.25, 0.3) is 20.2 Å². The summed E-state index contributed by atoms with van der Waals surface area (Å²) in [5.41, 5.74) is 4.05. The van der Waals surface area contributed by atoms with Crippen LogP contribution in [0.2, 0.25) is 5.02 Å². The summed E-state index contributed by atoms with van der Waals surface area (Å²) in [5, 5.41) is 9.60. The molecule has 0 spiro atoms. The lowest BCUT2D eigenvalue weighted by Crippen LogP contribution is -2.36. The minimum Gasteiger partial charge on any atom is -0.748 e. The fourth-order valence-corrected chi connectivity index (χ4v) is 8.78. The van der Waals surface area contributed by atoms with Gasteiger partial charge in [-0.2, -0.15) is 16.8 Å². The predicted molar refractivity (Wildman–Crippen MR) is 216 cm³/mol. The molecule has 1 aromatic heterocycles. The van der Waals surface area contributed by atoms with Crippen molar-refractivity contribution in [3.05, 3.63) is 112 Å². The van der Waals surface area contributed by atoms with Crippen LogP contribution in [0.4, 0.5) is 11.5 Å². The van der Waals surface area contributed by atoms with Gasteiger partial charge in [-0.25, -0.2) is 13.0 Å². The van der Waals surface area contributed by atoms with E-state index in [9.17, 15) is 48.8 Å². The second-order valence-electron chi connectivity index (χ2n) is 15.0. The van der Waals surface area contributed by atoms with E-state index in [1.54, 1.807) is 22.9 Å². The zero-order valence-electron chi connectivity index (χ0n) is 31.7. The Morgan fingerprint density at radius 1 is 0.930 bits per heavy atom. The third-order valence-electron chi connectivity index (χ3n) is 10.1. The molecule has 2 aromatic carbocycles. The lowest BCUT2D eigenvalue weighted by atomic mass is 9.81. The van der Waals surface area contributed by atoms with Gasteiger partial charge in [0.2, 0.25) is 0 Å². The van der Waals surface area contributed by atoms with E-state index in [1.807, 2.05) is 81.2 Å². The van der Waals surface area contributed by atoms with Crippen molar-refractivity contribution in [1.82, 2.24) is 0 Å². The lowest BCUT2D eigenvalue weighted by Gasteiger charge is -2.27. The molecule has 0 saturated heterocycles. The number of aromatic nitrogens is 1. The molecule has 306 valence electrons. The number of allylic oxidation sites excluding steroid dienone is 6. The SMILES string of the molecule is CC1(C)C(/C=C/C(=C/C=C2/N(CCCS(=O)(=O)O)c3ccc(S(=O)(=O)O)cc3C2(C)C)c2ccc(CCC(=O)O)cc2)=Nc2c1cc(Cl)c[n+]2CCCS(=O)(=O)[O-]. The van der Waals surface area contributed by atoms with E-state index in [4.69, 9.17) is 16.6 Å². The summed E-state index contributed by atoms with van der Waals surface area (Å²) in [5.74, 6) is -1.39. The number of nitrogens with zero attached hydrogens (tertiary/aromatic N) is 3. The molecule has 0 bridgehead atoms. The highest BCUT2D eigenvalue weighted by atomic mass is 35.5. The van der Waals surface area contributed by atoms with Gasteiger partial charge in [-0.3, -0.25) is 13.9 Å². The molecular weight excluding hydrogens is 818 g/mol. The van der Waals surface area contributed by atoms with Crippen molar-refractivity contribution in [2.24, 2.45) is 4.99 Å². The van der Waals surface area contributed by atoms with Crippen LogP contribution < -0.4 is 9.47 Å². The second-order valence-corrected chi connectivity index (χ2v) is 19.9. The molecule has 0 aliphatic carbocycles. The van der Waals surface area contributed by atoms with E-state index in [2.05, 4.69) is 0 Å². The highest BCUT2D eigenvalue weighted by Gasteiger charge is 2.43. The number of benzene rings is 2.